The van der Waals surface area contributed by atoms with Crippen LogP contribution in [0.1, 0.15) is 32.3 Å². The SMILES string of the molecule is C=CCOC(=O)CN.CC(C)c1ccccc1N[C@@H](C)C(=O)O. The number of nitrogens with two attached hydrogens (primary N) is 1. The van der Waals surface area contributed by atoms with Crippen molar-refractivity contribution in [1.29, 1.82) is 0 Å². The minimum absolute atomic E-state index is 0.0617. The van der Waals surface area contributed by atoms with E-state index in [2.05, 4.69) is 30.5 Å². The van der Waals surface area contributed by atoms with Crippen LogP contribution in [-0.2, 0) is 14.3 Å². The molecule has 0 fully saturated rings. The average Bonchev–Trinajstić information content (AvgIpc) is 2.53. The lowest BCUT2D eigenvalue weighted by Crippen LogP contribution is -2.26. The van der Waals surface area contributed by atoms with Gasteiger partial charge in [-0.05, 0) is 24.5 Å². The molecule has 1 aromatic rings. The molecule has 0 unspecified atom stereocenters. The summed E-state index contributed by atoms with van der Waals surface area (Å²) in [6.07, 6.45) is 1.49. The van der Waals surface area contributed by atoms with Crippen molar-refractivity contribution < 1.29 is 19.4 Å². The van der Waals surface area contributed by atoms with Gasteiger partial charge in [-0.1, -0.05) is 44.7 Å². The van der Waals surface area contributed by atoms with Crippen LogP contribution in [0.15, 0.2) is 36.9 Å². The molecule has 1 aromatic carbocycles. The zero-order valence-electron chi connectivity index (χ0n) is 13.9. The number of para-hydroxylation sites is 1. The Kier molecular flexibility index (Phi) is 10.1. The van der Waals surface area contributed by atoms with Crippen molar-refractivity contribution in [3.63, 3.8) is 0 Å². The number of nitrogens with one attached hydrogen (secondary N) is 1. The smallest absolute Gasteiger partial charge is 0.325 e. The van der Waals surface area contributed by atoms with Crippen LogP contribution in [0, 0.1) is 0 Å². The van der Waals surface area contributed by atoms with E-state index >= 15 is 0 Å². The number of rotatable bonds is 7. The Morgan fingerprint density at radius 2 is 1.96 bits per heavy atom. The minimum Gasteiger partial charge on any atom is -0.480 e. The first-order valence-corrected chi connectivity index (χ1v) is 7.38. The summed E-state index contributed by atoms with van der Waals surface area (Å²) in [6.45, 7) is 9.35. The highest BCUT2D eigenvalue weighted by molar-refractivity contribution is 5.77. The van der Waals surface area contributed by atoms with E-state index < -0.39 is 18.0 Å². The predicted molar refractivity (Wildman–Crippen MR) is 91.5 cm³/mol. The number of carboxylic acid groups (broad SMARTS) is 1. The van der Waals surface area contributed by atoms with Gasteiger partial charge in [-0.2, -0.15) is 0 Å². The summed E-state index contributed by atoms with van der Waals surface area (Å²) in [7, 11) is 0. The van der Waals surface area contributed by atoms with Gasteiger partial charge in [0.1, 0.15) is 12.6 Å². The molecule has 128 valence electrons. The number of hydrogen-bond donors (Lipinski definition) is 3. The Labute approximate surface area is 137 Å². The van der Waals surface area contributed by atoms with Gasteiger partial charge in [0.15, 0.2) is 0 Å². The first-order valence-electron chi connectivity index (χ1n) is 7.38. The highest BCUT2D eigenvalue weighted by Crippen LogP contribution is 2.24. The van der Waals surface area contributed by atoms with Crippen LogP contribution in [0.25, 0.3) is 0 Å². The number of aliphatic carboxylic acids is 1. The number of esters is 1. The third-order valence-electron chi connectivity index (χ3n) is 2.85. The van der Waals surface area contributed by atoms with Gasteiger partial charge in [-0.3, -0.25) is 9.59 Å². The molecule has 0 aliphatic heterocycles. The Bertz CT molecular complexity index is 515. The van der Waals surface area contributed by atoms with E-state index in [1.165, 1.54) is 6.08 Å². The molecular weight excluding hydrogens is 296 g/mol. The summed E-state index contributed by atoms with van der Waals surface area (Å²) in [5.41, 5.74) is 6.95. The lowest BCUT2D eigenvalue weighted by Gasteiger charge is -2.16. The lowest BCUT2D eigenvalue weighted by atomic mass is 10.0. The summed E-state index contributed by atoms with van der Waals surface area (Å²) < 4.78 is 4.46. The topological polar surface area (TPSA) is 102 Å². The summed E-state index contributed by atoms with van der Waals surface area (Å²) in [6, 6.07) is 7.23. The van der Waals surface area contributed by atoms with E-state index in [0.29, 0.717) is 5.92 Å². The zero-order valence-corrected chi connectivity index (χ0v) is 13.9. The molecule has 1 rings (SSSR count). The van der Waals surface area contributed by atoms with E-state index in [0.717, 1.165) is 11.3 Å². The van der Waals surface area contributed by atoms with Crippen molar-refractivity contribution in [1.82, 2.24) is 0 Å². The fourth-order valence-electron chi connectivity index (χ4n) is 1.64. The quantitative estimate of drug-likeness (QED) is 0.526. The van der Waals surface area contributed by atoms with Crippen LogP contribution in [0.5, 0.6) is 0 Å². The standard InChI is InChI=1S/C12H17NO2.C5H9NO2/c1-8(2)10-6-4-5-7-11(10)13-9(3)12(14)15;1-2-3-8-5(7)4-6/h4-9,13H,1-3H3,(H,14,15);2H,1,3-4,6H2/t9-;/m0./s1. The van der Waals surface area contributed by atoms with E-state index in [9.17, 15) is 9.59 Å². The number of benzene rings is 1. The number of anilines is 1. The van der Waals surface area contributed by atoms with Crippen LogP contribution in [-0.4, -0.2) is 36.2 Å². The molecule has 1 atom stereocenters. The van der Waals surface area contributed by atoms with E-state index in [-0.39, 0.29) is 13.2 Å². The Morgan fingerprint density at radius 1 is 1.35 bits per heavy atom. The molecule has 4 N–H and O–H groups in total. The summed E-state index contributed by atoms with van der Waals surface area (Å²) in [4.78, 5) is 20.9. The van der Waals surface area contributed by atoms with Gasteiger partial charge in [0.25, 0.3) is 0 Å². The largest absolute Gasteiger partial charge is 0.480 e. The second kappa shape index (κ2) is 11.3. The fourth-order valence-corrected chi connectivity index (χ4v) is 1.64. The summed E-state index contributed by atoms with van der Waals surface area (Å²) in [5, 5.41) is 11.8. The normalized spacial score (nSPS) is 11.0. The van der Waals surface area contributed by atoms with Gasteiger partial charge in [0.2, 0.25) is 0 Å². The fraction of sp³-hybridized carbons (Fsp3) is 0.412. The molecule has 0 radical (unpaired) electrons. The second-order valence-corrected chi connectivity index (χ2v) is 5.12. The van der Waals surface area contributed by atoms with Crippen LogP contribution >= 0.6 is 0 Å². The Hall–Kier alpha value is -2.34. The van der Waals surface area contributed by atoms with Crippen molar-refractivity contribution >= 4 is 17.6 Å². The van der Waals surface area contributed by atoms with Crippen molar-refractivity contribution in [2.75, 3.05) is 18.5 Å². The van der Waals surface area contributed by atoms with Crippen LogP contribution < -0.4 is 11.1 Å². The van der Waals surface area contributed by atoms with E-state index in [4.69, 9.17) is 10.8 Å². The first-order chi connectivity index (χ1) is 10.8. The molecule has 0 aromatic heterocycles. The summed E-state index contributed by atoms with van der Waals surface area (Å²) >= 11 is 0. The van der Waals surface area contributed by atoms with Gasteiger partial charge in [-0.25, -0.2) is 0 Å². The van der Waals surface area contributed by atoms with Crippen molar-refractivity contribution in [2.24, 2.45) is 5.73 Å². The second-order valence-electron chi connectivity index (χ2n) is 5.12. The molecule has 0 saturated heterocycles. The number of carboxylic acids is 1. The van der Waals surface area contributed by atoms with Gasteiger partial charge in [-0.15, -0.1) is 0 Å². The summed E-state index contributed by atoms with van der Waals surface area (Å²) in [5.74, 6) is -0.854. The molecule has 0 saturated carbocycles. The minimum atomic E-state index is -0.839. The van der Waals surface area contributed by atoms with Gasteiger partial charge in [0.05, 0.1) is 6.54 Å². The predicted octanol–water partition coefficient (Wildman–Crippen LogP) is 2.37. The van der Waals surface area contributed by atoms with Crippen molar-refractivity contribution in [3.05, 3.63) is 42.5 Å². The molecule has 0 aliphatic rings. The maximum Gasteiger partial charge on any atom is 0.325 e. The maximum absolute atomic E-state index is 10.7. The number of ether oxygens (including phenoxy) is 1. The zero-order chi connectivity index (χ0) is 17.8. The molecule has 0 amide bonds. The molecule has 0 heterocycles. The molecule has 0 aliphatic carbocycles. The van der Waals surface area contributed by atoms with E-state index in [1.807, 2.05) is 24.3 Å². The number of carbonyl (C=O) groups is 2. The monoisotopic (exact) mass is 322 g/mol. The van der Waals surface area contributed by atoms with Crippen molar-refractivity contribution in [2.45, 2.75) is 32.7 Å². The third-order valence-corrected chi connectivity index (χ3v) is 2.85. The highest BCUT2D eigenvalue weighted by atomic mass is 16.5. The van der Waals surface area contributed by atoms with Gasteiger partial charge >= 0.3 is 11.9 Å². The molecule has 6 nitrogen and oxygen atoms in total. The highest BCUT2D eigenvalue weighted by Gasteiger charge is 2.13. The molecule has 0 spiro atoms. The molecule has 0 bridgehead atoms. The van der Waals surface area contributed by atoms with E-state index in [1.54, 1.807) is 6.92 Å². The molecule has 23 heavy (non-hydrogen) atoms. The van der Waals surface area contributed by atoms with Crippen molar-refractivity contribution in [3.8, 4) is 0 Å². The maximum atomic E-state index is 10.7. The van der Waals surface area contributed by atoms with Gasteiger partial charge < -0.3 is 20.9 Å². The van der Waals surface area contributed by atoms with Crippen LogP contribution in [0.4, 0.5) is 5.69 Å². The lowest BCUT2D eigenvalue weighted by molar-refractivity contribution is -0.140. The third kappa shape index (κ3) is 8.63. The van der Waals surface area contributed by atoms with Crippen LogP contribution in [0.3, 0.4) is 0 Å². The first kappa shape index (κ1) is 20.7. The molecular formula is C17H26N2O4. The average molecular weight is 322 g/mol. The number of carbonyl (C=O) groups excluding carboxylic acids is 1. The number of hydrogen-bond acceptors (Lipinski definition) is 5. The van der Waals surface area contributed by atoms with Crippen LogP contribution in [0.2, 0.25) is 0 Å². The molecule has 6 heteroatoms. The Balaban J connectivity index is 0.000000515. The Morgan fingerprint density at radius 3 is 2.43 bits per heavy atom. The van der Waals surface area contributed by atoms with Gasteiger partial charge in [0, 0.05) is 5.69 Å².